The van der Waals surface area contributed by atoms with Crippen LogP contribution in [0.5, 0.6) is 5.88 Å². The van der Waals surface area contributed by atoms with Crippen LogP contribution in [-0.4, -0.2) is 9.78 Å². The van der Waals surface area contributed by atoms with Gasteiger partial charge in [0.15, 0.2) is 5.56 Å². The van der Waals surface area contributed by atoms with Crippen LogP contribution in [0.2, 0.25) is 0 Å². The minimum absolute atomic E-state index is 0.133. The van der Waals surface area contributed by atoms with E-state index in [0.717, 1.165) is 12.0 Å². The van der Waals surface area contributed by atoms with Gasteiger partial charge in [0.05, 0.1) is 6.04 Å². The summed E-state index contributed by atoms with van der Waals surface area (Å²) < 4.78 is 7.33. The molecule has 0 saturated carbocycles. The van der Waals surface area contributed by atoms with E-state index < -0.39 is 0 Å². The van der Waals surface area contributed by atoms with E-state index >= 15 is 0 Å². The summed E-state index contributed by atoms with van der Waals surface area (Å²) in [5, 5.41) is 13.6. The van der Waals surface area contributed by atoms with Crippen molar-refractivity contribution in [2.45, 2.75) is 39.8 Å². The molecule has 1 heterocycles. The number of nitrogens with zero attached hydrogens (tertiary/aromatic N) is 3. The summed E-state index contributed by atoms with van der Waals surface area (Å²) in [4.78, 5) is 0. The maximum Gasteiger partial charge on any atom is 0.253 e. The molecule has 1 aromatic heterocycles. The number of benzene rings is 1. The number of nitrogens with two attached hydrogens (primary N) is 1. The molecule has 0 spiro atoms. The van der Waals surface area contributed by atoms with E-state index in [4.69, 9.17) is 10.5 Å². The van der Waals surface area contributed by atoms with E-state index in [0.29, 0.717) is 23.9 Å². The lowest BCUT2D eigenvalue weighted by Gasteiger charge is -2.10. The first-order valence-electron chi connectivity index (χ1n) is 7.03. The zero-order chi connectivity index (χ0) is 15.4. The lowest BCUT2D eigenvalue weighted by molar-refractivity contribution is 0.286. The molecule has 0 aliphatic carbocycles. The molecular weight excluding hydrogens is 264 g/mol. The predicted molar refractivity (Wildman–Crippen MR) is 81.9 cm³/mol. The van der Waals surface area contributed by atoms with E-state index in [2.05, 4.69) is 11.2 Å². The topological polar surface area (TPSA) is 76.9 Å². The van der Waals surface area contributed by atoms with Gasteiger partial charge in [-0.3, -0.25) is 0 Å². The van der Waals surface area contributed by atoms with Crippen LogP contribution in [0.3, 0.4) is 0 Å². The Kier molecular flexibility index (Phi) is 4.49. The van der Waals surface area contributed by atoms with Crippen molar-refractivity contribution in [2.24, 2.45) is 0 Å². The number of nitrogen functional groups attached to an aromatic ring is 1. The third-order valence-electron chi connectivity index (χ3n) is 3.53. The summed E-state index contributed by atoms with van der Waals surface area (Å²) >= 11 is 0. The third kappa shape index (κ3) is 3.16. The van der Waals surface area contributed by atoms with Crippen molar-refractivity contribution in [3.05, 3.63) is 41.0 Å². The van der Waals surface area contributed by atoms with Gasteiger partial charge in [0.25, 0.3) is 5.88 Å². The second-order valence-electron chi connectivity index (χ2n) is 5.15. The van der Waals surface area contributed by atoms with Crippen LogP contribution in [0.4, 0.5) is 5.82 Å². The van der Waals surface area contributed by atoms with Crippen LogP contribution in [0.25, 0.3) is 0 Å². The van der Waals surface area contributed by atoms with Crippen LogP contribution in [0.1, 0.15) is 43.0 Å². The Labute approximate surface area is 124 Å². The molecule has 0 amide bonds. The summed E-state index contributed by atoms with van der Waals surface area (Å²) in [6.07, 6.45) is 0.883. The molecule has 5 nitrogen and oxygen atoms in total. The Morgan fingerprint density at radius 2 is 2.05 bits per heavy atom. The lowest BCUT2D eigenvalue weighted by Crippen LogP contribution is -2.09. The maximum atomic E-state index is 9.24. The average Bonchev–Trinajstić information content (AvgIpc) is 2.82. The highest BCUT2D eigenvalue weighted by Crippen LogP contribution is 2.27. The molecule has 2 rings (SSSR count). The number of aryl methyl sites for hydroxylation is 1. The Morgan fingerprint density at radius 3 is 2.62 bits per heavy atom. The van der Waals surface area contributed by atoms with E-state index in [1.807, 2.05) is 45.0 Å². The quantitative estimate of drug-likeness (QED) is 0.914. The highest BCUT2D eigenvalue weighted by atomic mass is 16.5. The summed E-state index contributed by atoms with van der Waals surface area (Å²) in [6, 6.07) is 10.2. The number of aromatic nitrogens is 2. The second kappa shape index (κ2) is 6.31. The molecule has 2 aromatic rings. The molecule has 0 fully saturated rings. The number of ether oxygens (including phenoxy) is 1. The summed E-state index contributed by atoms with van der Waals surface area (Å²) in [5.74, 6) is 0.668. The van der Waals surface area contributed by atoms with E-state index in [9.17, 15) is 5.26 Å². The summed E-state index contributed by atoms with van der Waals surface area (Å²) in [6.45, 7) is 6.46. The van der Waals surface area contributed by atoms with E-state index in [1.54, 1.807) is 4.68 Å². The van der Waals surface area contributed by atoms with Gasteiger partial charge in [0, 0.05) is 0 Å². The molecule has 0 aliphatic rings. The summed E-state index contributed by atoms with van der Waals surface area (Å²) in [7, 11) is 0. The van der Waals surface area contributed by atoms with Gasteiger partial charge in [0.2, 0.25) is 0 Å². The standard InChI is InChI=1S/C16H20N4O/c1-4-12(3)20-15(18)14(9-17)16(19-20)21-10-13-7-5-11(2)6-8-13/h5-8,12H,4,10,18H2,1-3H3/t12-/m1/s1. The molecule has 110 valence electrons. The average molecular weight is 284 g/mol. The highest BCUT2D eigenvalue weighted by Gasteiger charge is 2.19. The first-order valence-corrected chi connectivity index (χ1v) is 7.03. The fraction of sp³-hybridized carbons (Fsp3) is 0.375. The molecule has 5 heteroatoms. The van der Waals surface area contributed by atoms with Gasteiger partial charge in [0.1, 0.15) is 18.5 Å². The van der Waals surface area contributed by atoms with Crippen molar-refractivity contribution in [3.63, 3.8) is 0 Å². The molecule has 1 atom stereocenters. The Morgan fingerprint density at radius 1 is 1.38 bits per heavy atom. The fourth-order valence-corrected chi connectivity index (χ4v) is 1.98. The zero-order valence-corrected chi connectivity index (χ0v) is 12.6. The molecule has 2 N–H and O–H groups in total. The molecule has 21 heavy (non-hydrogen) atoms. The van der Waals surface area contributed by atoms with Crippen molar-refractivity contribution in [1.82, 2.24) is 9.78 Å². The number of hydrogen-bond acceptors (Lipinski definition) is 4. The first-order chi connectivity index (χ1) is 10.1. The molecule has 1 aromatic carbocycles. The van der Waals surface area contributed by atoms with Crippen molar-refractivity contribution < 1.29 is 4.74 Å². The Balaban J connectivity index is 2.20. The van der Waals surface area contributed by atoms with Gasteiger partial charge in [-0.15, -0.1) is 5.10 Å². The van der Waals surface area contributed by atoms with Crippen molar-refractivity contribution in [3.8, 4) is 11.9 Å². The van der Waals surface area contributed by atoms with Gasteiger partial charge in [-0.1, -0.05) is 36.8 Å². The van der Waals surface area contributed by atoms with Crippen LogP contribution in [-0.2, 0) is 6.61 Å². The maximum absolute atomic E-state index is 9.24. The zero-order valence-electron chi connectivity index (χ0n) is 12.6. The Bertz CT molecular complexity index is 652. The normalized spacial score (nSPS) is 11.9. The van der Waals surface area contributed by atoms with Crippen molar-refractivity contribution >= 4 is 5.82 Å². The Hall–Kier alpha value is -2.48. The van der Waals surface area contributed by atoms with Gasteiger partial charge in [-0.05, 0) is 25.8 Å². The number of nitriles is 1. The van der Waals surface area contributed by atoms with Crippen LogP contribution in [0.15, 0.2) is 24.3 Å². The van der Waals surface area contributed by atoms with Crippen LogP contribution in [0, 0.1) is 18.3 Å². The minimum atomic E-state index is 0.133. The van der Waals surface area contributed by atoms with Gasteiger partial charge >= 0.3 is 0 Å². The van der Waals surface area contributed by atoms with Crippen LogP contribution < -0.4 is 10.5 Å². The number of anilines is 1. The first kappa shape index (κ1) is 14.9. The fourth-order valence-electron chi connectivity index (χ4n) is 1.98. The largest absolute Gasteiger partial charge is 0.471 e. The lowest BCUT2D eigenvalue weighted by atomic mass is 10.2. The van der Waals surface area contributed by atoms with Gasteiger partial charge in [-0.25, -0.2) is 4.68 Å². The minimum Gasteiger partial charge on any atom is -0.471 e. The third-order valence-corrected chi connectivity index (χ3v) is 3.53. The predicted octanol–water partition coefficient (Wildman–Crippen LogP) is 3.20. The number of hydrogen-bond donors (Lipinski definition) is 1. The number of rotatable bonds is 5. The molecule has 0 saturated heterocycles. The highest BCUT2D eigenvalue weighted by molar-refractivity contribution is 5.55. The van der Waals surface area contributed by atoms with Crippen LogP contribution >= 0.6 is 0 Å². The second-order valence-corrected chi connectivity index (χ2v) is 5.15. The molecule has 0 aliphatic heterocycles. The molecule has 0 bridgehead atoms. The van der Waals surface area contributed by atoms with E-state index in [-0.39, 0.29) is 6.04 Å². The van der Waals surface area contributed by atoms with Gasteiger partial charge < -0.3 is 10.5 Å². The smallest absolute Gasteiger partial charge is 0.253 e. The molecule has 0 unspecified atom stereocenters. The SMILES string of the molecule is CC[C@@H](C)n1nc(OCc2ccc(C)cc2)c(C#N)c1N. The van der Waals surface area contributed by atoms with Crippen molar-refractivity contribution in [2.75, 3.05) is 5.73 Å². The van der Waals surface area contributed by atoms with Gasteiger partial charge in [-0.2, -0.15) is 5.26 Å². The van der Waals surface area contributed by atoms with E-state index in [1.165, 1.54) is 5.56 Å². The monoisotopic (exact) mass is 284 g/mol. The molecular formula is C16H20N4O. The van der Waals surface area contributed by atoms with Crippen molar-refractivity contribution in [1.29, 1.82) is 5.26 Å². The molecule has 0 radical (unpaired) electrons. The summed E-state index contributed by atoms with van der Waals surface area (Å²) in [5.41, 5.74) is 8.51.